The molecule has 0 aromatic heterocycles. The average Bonchev–Trinajstić information content (AvgIpc) is 2.48. The van der Waals surface area contributed by atoms with Crippen LogP contribution in [0.1, 0.15) is 52.9 Å². The van der Waals surface area contributed by atoms with Gasteiger partial charge in [0, 0.05) is 24.2 Å². The molecular formula is C15H22O3. The minimum absolute atomic E-state index is 0.0237. The molecule has 0 bridgehead atoms. The van der Waals surface area contributed by atoms with Crippen LogP contribution in [0.3, 0.4) is 0 Å². The van der Waals surface area contributed by atoms with Gasteiger partial charge in [-0.3, -0.25) is 14.4 Å². The van der Waals surface area contributed by atoms with Gasteiger partial charge >= 0.3 is 0 Å². The predicted molar refractivity (Wildman–Crippen MR) is 70.2 cm³/mol. The van der Waals surface area contributed by atoms with Gasteiger partial charge in [-0.2, -0.15) is 0 Å². The van der Waals surface area contributed by atoms with Crippen LogP contribution in [0.2, 0.25) is 0 Å². The quantitative estimate of drug-likeness (QED) is 0.705. The lowest BCUT2D eigenvalue weighted by Gasteiger charge is -2.25. The van der Waals surface area contributed by atoms with Crippen LogP contribution in [0, 0.1) is 11.3 Å². The number of hydrogen-bond acceptors (Lipinski definition) is 3. The highest BCUT2D eigenvalue weighted by atomic mass is 16.1. The van der Waals surface area contributed by atoms with E-state index in [2.05, 4.69) is 0 Å². The number of Topliss-reactive ketones (excluding diaryl/α,β-unsaturated/α-hetero) is 2. The van der Waals surface area contributed by atoms with Gasteiger partial charge in [0.15, 0.2) is 0 Å². The highest BCUT2D eigenvalue weighted by molar-refractivity contribution is 5.88. The Morgan fingerprint density at radius 1 is 1.44 bits per heavy atom. The van der Waals surface area contributed by atoms with E-state index in [1.165, 1.54) is 0 Å². The highest BCUT2D eigenvalue weighted by Crippen LogP contribution is 2.35. The Balaban J connectivity index is 2.71. The van der Waals surface area contributed by atoms with Crippen LogP contribution in [-0.2, 0) is 14.4 Å². The number of ketones is 2. The predicted octanol–water partition coefficient (Wildman–Crippen LogP) is 2.88. The van der Waals surface area contributed by atoms with Crippen molar-refractivity contribution in [3.8, 4) is 0 Å². The summed E-state index contributed by atoms with van der Waals surface area (Å²) in [6, 6.07) is 0. The van der Waals surface area contributed by atoms with Crippen molar-refractivity contribution in [2.24, 2.45) is 11.3 Å². The zero-order chi connectivity index (χ0) is 13.8. The van der Waals surface area contributed by atoms with E-state index in [0.29, 0.717) is 37.7 Å². The first kappa shape index (κ1) is 14.8. The highest BCUT2D eigenvalue weighted by Gasteiger charge is 2.33. The molecule has 0 aromatic carbocycles. The van der Waals surface area contributed by atoms with E-state index in [1.54, 1.807) is 0 Å². The maximum atomic E-state index is 12.1. The average molecular weight is 250 g/mol. The summed E-state index contributed by atoms with van der Waals surface area (Å²) in [6.07, 6.45) is 5.25. The third kappa shape index (κ3) is 3.62. The number of aldehydes is 1. The third-order valence-electron chi connectivity index (χ3n) is 3.85. The van der Waals surface area contributed by atoms with Gasteiger partial charge in [0.05, 0.1) is 0 Å². The van der Waals surface area contributed by atoms with E-state index in [0.717, 1.165) is 6.29 Å². The molecule has 1 aliphatic rings. The van der Waals surface area contributed by atoms with Crippen molar-refractivity contribution < 1.29 is 14.4 Å². The minimum Gasteiger partial charge on any atom is -0.299 e. The molecule has 0 radical (unpaired) electrons. The van der Waals surface area contributed by atoms with Crippen molar-refractivity contribution in [2.45, 2.75) is 52.9 Å². The Bertz CT molecular complexity index is 379. The van der Waals surface area contributed by atoms with E-state index in [1.807, 2.05) is 26.8 Å². The summed E-state index contributed by atoms with van der Waals surface area (Å²) in [4.78, 5) is 34.5. The normalized spacial score (nSPS) is 24.7. The summed E-state index contributed by atoms with van der Waals surface area (Å²) >= 11 is 0. The van der Waals surface area contributed by atoms with Gasteiger partial charge < -0.3 is 0 Å². The molecule has 1 atom stereocenters. The van der Waals surface area contributed by atoms with Crippen LogP contribution in [-0.4, -0.2) is 17.9 Å². The van der Waals surface area contributed by atoms with Crippen LogP contribution in [0.25, 0.3) is 0 Å². The number of carbonyl (C=O) groups is 3. The van der Waals surface area contributed by atoms with Crippen molar-refractivity contribution in [1.82, 2.24) is 0 Å². The Kier molecular flexibility index (Phi) is 5.00. The lowest BCUT2D eigenvalue weighted by atomic mass is 9.77. The van der Waals surface area contributed by atoms with E-state index >= 15 is 0 Å². The summed E-state index contributed by atoms with van der Waals surface area (Å²) in [5, 5.41) is 0. The second-order valence-corrected chi connectivity index (χ2v) is 5.71. The fourth-order valence-electron chi connectivity index (χ4n) is 2.17. The van der Waals surface area contributed by atoms with Gasteiger partial charge in [-0.1, -0.05) is 26.8 Å². The first-order valence-corrected chi connectivity index (χ1v) is 6.59. The topological polar surface area (TPSA) is 51.2 Å². The van der Waals surface area contributed by atoms with Crippen molar-refractivity contribution in [3.05, 3.63) is 11.6 Å². The molecule has 0 spiro atoms. The van der Waals surface area contributed by atoms with Gasteiger partial charge in [-0.05, 0) is 24.8 Å². The Labute approximate surface area is 109 Å². The smallest absolute Gasteiger partial charge is 0.145 e. The first-order chi connectivity index (χ1) is 8.39. The summed E-state index contributed by atoms with van der Waals surface area (Å²) in [6.45, 7) is 5.67. The van der Waals surface area contributed by atoms with Gasteiger partial charge in [0.2, 0.25) is 0 Å². The molecule has 3 nitrogen and oxygen atoms in total. The Morgan fingerprint density at radius 3 is 2.67 bits per heavy atom. The van der Waals surface area contributed by atoms with Gasteiger partial charge in [0.25, 0.3) is 0 Å². The molecular weight excluding hydrogens is 228 g/mol. The largest absolute Gasteiger partial charge is 0.299 e. The summed E-state index contributed by atoms with van der Waals surface area (Å²) in [5.74, 6) is 0.399. The van der Waals surface area contributed by atoms with Crippen molar-refractivity contribution >= 4 is 17.9 Å². The van der Waals surface area contributed by atoms with E-state index in [9.17, 15) is 14.4 Å². The molecule has 3 heteroatoms. The number of rotatable bonds is 5. The molecule has 0 heterocycles. The van der Waals surface area contributed by atoms with Gasteiger partial charge in [-0.15, -0.1) is 0 Å². The van der Waals surface area contributed by atoms with Crippen molar-refractivity contribution in [1.29, 1.82) is 0 Å². The van der Waals surface area contributed by atoms with Gasteiger partial charge in [0.1, 0.15) is 17.9 Å². The summed E-state index contributed by atoms with van der Waals surface area (Å²) < 4.78 is 0. The monoisotopic (exact) mass is 250 g/mol. The van der Waals surface area contributed by atoms with E-state index in [-0.39, 0.29) is 17.5 Å². The molecule has 0 amide bonds. The number of carbonyl (C=O) groups excluding carboxylic acids is 3. The minimum atomic E-state index is -0.477. The maximum Gasteiger partial charge on any atom is 0.145 e. The third-order valence-corrected chi connectivity index (χ3v) is 3.85. The van der Waals surface area contributed by atoms with E-state index in [4.69, 9.17) is 0 Å². The Morgan fingerprint density at radius 2 is 2.11 bits per heavy atom. The molecule has 0 unspecified atom stereocenters. The number of allylic oxidation sites excluding steroid dienone is 2. The maximum absolute atomic E-state index is 12.1. The van der Waals surface area contributed by atoms with Gasteiger partial charge in [-0.25, -0.2) is 0 Å². The molecule has 1 aliphatic carbocycles. The molecule has 0 aromatic rings. The summed E-state index contributed by atoms with van der Waals surface area (Å²) in [7, 11) is 0. The zero-order valence-corrected chi connectivity index (χ0v) is 11.5. The van der Waals surface area contributed by atoms with Crippen molar-refractivity contribution in [2.75, 3.05) is 0 Å². The second-order valence-electron chi connectivity index (χ2n) is 5.71. The molecule has 0 aliphatic heterocycles. The fraction of sp³-hybridized carbons (Fsp3) is 0.667. The molecule has 0 N–H and O–H groups in total. The van der Waals surface area contributed by atoms with Crippen LogP contribution in [0.4, 0.5) is 0 Å². The SMILES string of the molecule is CC(C)C(=O)CC[C@]1(C)CC=C(C=O)CCC1=O. The standard InChI is InChI=1S/C15H22O3/c1-11(2)13(17)7-9-15(3)8-6-12(10-16)4-5-14(15)18/h6,10-11H,4-5,7-9H2,1-3H3/t15-/m0/s1. The van der Waals surface area contributed by atoms with Crippen LogP contribution in [0.15, 0.2) is 11.6 Å². The molecule has 100 valence electrons. The molecule has 0 fully saturated rings. The molecule has 1 rings (SSSR count). The molecule has 0 saturated carbocycles. The number of hydrogen-bond donors (Lipinski definition) is 0. The lowest BCUT2D eigenvalue weighted by molar-refractivity contribution is -0.129. The van der Waals surface area contributed by atoms with Crippen LogP contribution in [0.5, 0.6) is 0 Å². The fourth-order valence-corrected chi connectivity index (χ4v) is 2.17. The molecule has 0 saturated heterocycles. The van der Waals surface area contributed by atoms with Crippen molar-refractivity contribution in [3.63, 3.8) is 0 Å². The second kappa shape index (κ2) is 6.07. The molecule has 18 heavy (non-hydrogen) atoms. The summed E-state index contributed by atoms with van der Waals surface area (Å²) in [5.41, 5.74) is 0.234. The lowest BCUT2D eigenvalue weighted by Crippen LogP contribution is -2.27. The van der Waals surface area contributed by atoms with Crippen LogP contribution < -0.4 is 0 Å². The first-order valence-electron chi connectivity index (χ1n) is 6.59. The van der Waals surface area contributed by atoms with E-state index < -0.39 is 5.41 Å². The Hall–Kier alpha value is -1.25. The van der Waals surface area contributed by atoms with Crippen LogP contribution >= 0.6 is 0 Å². The zero-order valence-electron chi connectivity index (χ0n) is 11.5.